The molecule has 3 aromatic rings. The summed E-state index contributed by atoms with van der Waals surface area (Å²) >= 11 is 0. The molecule has 1 N–H and O–H groups in total. The van der Waals surface area contributed by atoms with Crippen LogP contribution in [0.25, 0.3) is 0 Å². The minimum Gasteiger partial charge on any atom is -0.465 e. The second-order valence-electron chi connectivity index (χ2n) is 7.64. The van der Waals surface area contributed by atoms with Crippen molar-refractivity contribution in [3.63, 3.8) is 0 Å². The maximum absolute atomic E-state index is 13.1. The van der Waals surface area contributed by atoms with Crippen LogP contribution < -0.4 is 5.32 Å². The highest BCUT2D eigenvalue weighted by atomic mass is 16.5. The Balaban J connectivity index is 1.47. The molecule has 1 aliphatic heterocycles. The van der Waals surface area contributed by atoms with Crippen molar-refractivity contribution < 1.29 is 23.9 Å². The van der Waals surface area contributed by atoms with Crippen LogP contribution in [0.2, 0.25) is 0 Å². The summed E-state index contributed by atoms with van der Waals surface area (Å²) in [5.41, 5.74) is 3.55. The van der Waals surface area contributed by atoms with Crippen molar-refractivity contribution >= 4 is 23.6 Å². The number of ether oxygens (including phenoxy) is 2. The Morgan fingerprint density at radius 2 is 1.88 bits per heavy atom. The Hall–Kier alpha value is -4.04. The Bertz CT molecular complexity index is 1180. The number of nitrogens with one attached hydrogen (secondary N) is 1. The van der Waals surface area contributed by atoms with E-state index in [-0.39, 0.29) is 23.9 Å². The van der Waals surface area contributed by atoms with E-state index in [1.54, 1.807) is 11.0 Å². The van der Waals surface area contributed by atoms with Gasteiger partial charge in [0, 0.05) is 23.9 Å². The molecule has 4 rings (SSSR count). The third kappa shape index (κ3) is 4.91. The van der Waals surface area contributed by atoms with Gasteiger partial charge in [-0.2, -0.15) is 0 Å². The fourth-order valence-electron chi connectivity index (χ4n) is 3.66. The molecule has 0 saturated carbocycles. The normalized spacial score (nSPS) is 14.7. The van der Waals surface area contributed by atoms with Crippen molar-refractivity contribution in [2.24, 2.45) is 0 Å². The first-order valence-corrected chi connectivity index (χ1v) is 10.4. The van der Waals surface area contributed by atoms with Gasteiger partial charge < -0.3 is 19.7 Å². The number of aryl methyl sites for hydroxylation is 1. The Morgan fingerprint density at radius 3 is 2.58 bits per heavy atom. The molecule has 2 aromatic carbocycles. The Morgan fingerprint density at radius 1 is 1.09 bits per heavy atom. The zero-order valence-corrected chi connectivity index (χ0v) is 18.3. The lowest BCUT2D eigenvalue weighted by atomic mass is 10.1. The molecule has 0 radical (unpaired) electrons. The van der Waals surface area contributed by atoms with E-state index in [4.69, 9.17) is 4.74 Å². The van der Waals surface area contributed by atoms with Crippen molar-refractivity contribution in [2.75, 3.05) is 19.0 Å². The SMILES string of the molecule is COC(=O)c1ccc(NC(=O)COC2c3cc(C)ccc3C(=O)N2Cc2ccccc2)nc1. The minimum atomic E-state index is -0.687. The quantitative estimate of drug-likeness (QED) is 0.559. The molecule has 168 valence electrons. The van der Waals surface area contributed by atoms with E-state index < -0.39 is 18.1 Å². The number of carbonyl (C=O) groups excluding carboxylic acids is 3. The number of amides is 2. The average Bonchev–Trinajstić information content (AvgIpc) is 3.08. The van der Waals surface area contributed by atoms with E-state index in [2.05, 4.69) is 15.0 Å². The van der Waals surface area contributed by atoms with Crippen LogP contribution in [0.1, 0.15) is 43.6 Å². The van der Waals surface area contributed by atoms with E-state index in [9.17, 15) is 14.4 Å². The Labute approximate surface area is 191 Å². The topological polar surface area (TPSA) is 97.8 Å². The summed E-state index contributed by atoms with van der Waals surface area (Å²) in [4.78, 5) is 42.7. The van der Waals surface area contributed by atoms with Crippen LogP contribution in [0.15, 0.2) is 66.9 Å². The number of carbonyl (C=O) groups is 3. The first-order valence-electron chi connectivity index (χ1n) is 10.4. The molecule has 8 nitrogen and oxygen atoms in total. The molecule has 0 spiro atoms. The molecule has 8 heteroatoms. The average molecular weight is 445 g/mol. The van der Waals surface area contributed by atoms with Gasteiger partial charge in [-0.25, -0.2) is 9.78 Å². The van der Waals surface area contributed by atoms with Crippen LogP contribution in [0, 0.1) is 6.92 Å². The summed E-state index contributed by atoms with van der Waals surface area (Å²) in [6.07, 6.45) is 0.631. The highest BCUT2D eigenvalue weighted by molar-refractivity contribution is 5.99. The number of pyridine rings is 1. The van der Waals surface area contributed by atoms with Crippen molar-refractivity contribution in [1.82, 2.24) is 9.88 Å². The van der Waals surface area contributed by atoms with Gasteiger partial charge in [0.15, 0.2) is 6.23 Å². The second-order valence-corrected chi connectivity index (χ2v) is 7.64. The molecule has 2 heterocycles. The molecular formula is C25H23N3O5. The summed E-state index contributed by atoms with van der Waals surface area (Å²) in [5, 5.41) is 2.63. The summed E-state index contributed by atoms with van der Waals surface area (Å²) in [7, 11) is 1.28. The second kappa shape index (κ2) is 9.62. The minimum absolute atomic E-state index is 0.140. The van der Waals surface area contributed by atoms with Crippen LogP contribution >= 0.6 is 0 Å². The van der Waals surface area contributed by atoms with E-state index in [0.717, 1.165) is 16.7 Å². The fraction of sp³-hybridized carbons (Fsp3) is 0.200. The number of rotatable bonds is 7. The highest BCUT2D eigenvalue weighted by Gasteiger charge is 2.37. The lowest BCUT2D eigenvalue weighted by Crippen LogP contribution is -2.31. The zero-order chi connectivity index (χ0) is 23.4. The maximum Gasteiger partial charge on any atom is 0.339 e. The monoisotopic (exact) mass is 445 g/mol. The predicted molar refractivity (Wildman–Crippen MR) is 120 cm³/mol. The van der Waals surface area contributed by atoms with Crippen LogP contribution in [0.5, 0.6) is 0 Å². The smallest absolute Gasteiger partial charge is 0.339 e. The lowest BCUT2D eigenvalue weighted by Gasteiger charge is -2.25. The number of anilines is 1. The van der Waals surface area contributed by atoms with Gasteiger partial charge >= 0.3 is 5.97 Å². The largest absolute Gasteiger partial charge is 0.465 e. The summed E-state index contributed by atoms with van der Waals surface area (Å²) < 4.78 is 10.6. The van der Waals surface area contributed by atoms with Crippen LogP contribution in [-0.2, 0) is 20.8 Å². The zero-order valence-electron chi connectivity index (χ0n) is 18.3. The van der Waals surface area contributed by atoms with Gasteiger partial charge in [0.05, 0.1) is 12.7 Å². The van der Waals surface area contributed by atoms with Crippen molar-refractivity contribution in [2.45, 2.75) is 19.7 Å². The Kier molecular flexibility index (Phi) is 6.46. The van der Waals surface area contributed by atoms with Gasteiger partial charge in [-0.05, 0) is 30.7 Å². The molecule has 33 heavy (non-hydrogen) atoms. The molecule has 0 saturated heterocycles. The van der Waals surface area contributed by atoms with Gasteiger partial charge in [-0.1, -0.05) is 48.0 Å². The summed E-state index contributed by atoms with van der Waals surface area (Å²) in [6.45, 7) is 2.02. The number of aromatic nitrogens is 1. The number of hydrogen-bond acceptors (Lipinski definition) is 6. The molecule has 1 aromatic heterocycles. The number of methoxy groups -OCH3 is 1. The van der Waals surface area contributed by atoms with Gasteiger partial charge in [-0.15, -0.1) is 0 Å². The van der Waals surface area contributed by atoms with E-state index in [1.165, 1.54) is 25.4 Å². The van der Waals surface area contributed by atoms with E-state index in [0.29, 0.717) is 12.1 Å². The number of fused-ring (bicyclic) bond motifs is 1. The molecule has 0 aliphatic carbocycles. The van der Waals surface area contributed by atoms with Crippen LogP contribution in [0.4, 0.5) is 5.82 Å². The predicted octanol–water partition coefficient (Wildman–Crippen LogP) is 3.49. The number of esters is 1. The van der Waals surface area contributed by atoms with Crippen molar-refractivity contribution in [1.29, 1.82) is 0 Å². The summed E-state index contributed by atoms with van der Waals surface area (Å²) in [5.74, 6) is -0.806. The third-order valence-electron chi connectivity index (χ3n) is 5.27. The molecule has 1 atom stereocenters. The first kappa shape index (κ1) is 22.2. The van der Waals surface area contributed by atoms with Gasteiger partial charge in [0.25, 0.3) is 11.8 Å². The van der Waals surface area contributed by atoms with Gasteiger partial charge in [0.1, 0.15) is 12.4 Å². The van der Waals surface area contributed by atoms with Gasteiger partial charge in [0.2, 0.25) is 0 Å². The standard InChI is InChI=1S/C25H23N3O5/c1-16-8-10-19-20(12-16)24(28(23(19)30)14-17-6-4-3-5-7-17)33-15-22(29)27-21-11-9-18(13-26-21)25(31)32-2/h3-13,24H,14-15H2,1-2H3,(H,26,27,29). The lowest BCUT2D eigenvalue weighted by molar-refractivity contribution is -0.126. The molecule has 1 unspecified atom stereocenters. The van der Waals surface area contributed by atoms with Crippen molar-refractivity contribution in [3.05, 3.63) is 94.7 Å². The number of benzene rings is 2. The van der Waals surface area contributed by atoms with E-state index in [1.807, 2.05) is 49.4 Å². The molecular weight excluding hydrogens is 422 g/mol. The van der Waals surface area contributed by atoms with Gasteiger partial charge in [-0.3, -0.25) is 9.59 Å². The maximum atomic E-state index is 13.1. The number of hydrogen-bond donors (Lipinski definition) is 1. The molecule has 2 amide bonds. The third-order valence-corrected chi connectivity index (χ3v) is 5.27. The highest BCUT2D eigenvalue weighted by Crippen LogP contribution is 2.36. The fourth-order valence-corrected chi connectivity index (χ4v) is 3.66. The first-order chi connectivity index (χ1) is 16.0. The molecule has 0 bridgehead atoms. The number of nitrogens with zero attached hydrogens (tertiary/aromatic N) is 2. The molecule has 0 fully saturated rings. The molecule has 1 aliphatic rings. The van der Waals surface area contributed by atoms with Crippen LogP contribution in [-0.4, -0.2) is 41.4 Å². The van der Waals surface area contributed by atoms with E-state index >= 15 is 0 Å². The summed E-state index contributed by atoms with van der Waals surface area (Å²) in [6, 6.07) is 18.2. The van der Waals surface area contributed by atoms with Crippen LogP contribution in [0.3, 0.4) is 0 Å². The van der Waals surface area contributed by atoms with Crippen molar-refractivity contribution in [3.8, 4) is 0 Å².